The number of nitrogens with zero attached hydrogens (tertiary/aromatic N) is 1. The third kappa shape index (κ3) is 6.02. The number of amides is 1. The summed E-state index contributed by atoms with van der Waals surface area (Å²) in [6.07, 6.45) is 7.37. The van der Waals surface area contributed by atoms with Crippen molar-refractivity contribution in [1.29, 1.82) is 0 Å². The van der Waals surface area contributed by atoms with Crippen LogP contribution in [0.15, 0.2) is 30.3 Å². The van der Waals surface area contributed by atoms with Gasteiger partial charge in [0, 0.05) is 11.8 Å². The SMILES string of the molecule is CCCN1CCCCC1C(=O)Nc1ccc(/C=C/C(=O)OCC)cc1. The van der Waals surface area contributed by atoms with Gasteiger partial charge in [-0.1, -0.05) is 25.5 Å². The lowest BCUT2D eigenvalue weighted by Crippen LogP contribution is -2.47. The van der Waals surface area contributed by atoms with E-state index in [1.807, 2.05) is 24.3 Å². The third-order valence-corrected chi connectivity index (χ3v) is 4.30. The summed E-state index contributed by atoms with van der Waals surface area (Å²) in [6, 6.07) is 7.43. The van der Waals surface area contributed by atoms with Crippen LogP contribution in [-0.2, 0) is 14.3 Å². The van der Waals surface area contributed by atoms with Gasteiger partial charge in [-0.25, -0.2) is 4.79 Å². The van der Waals surface area contributed by atoms with E-state index in [1.165, 1.54) is 12.5 Å². The maximum atomic E-state index is 12.6. The Morgan fingerprint density at radius 3 is 2.68 bits per heavy atom. The van der Waals surface area contributed by atoms with Crippen LogP contribution in [-0.4, -0.2) is 42.5 Å². The minimum atomic E-state index is -0.354. The number of nitrogens with one attached hydrogen (secondary N) is 1. The van der Waals surface area contributed by atoms with Crippen LogP contribution in [0.5, 0.6) is 0 Å². The number of carbonyl (C=O) groups excluding carboxylic acids is 2. The van der Waals surface area contributed by atoms with Crippen LogP contribution in [0.1, 0.15) is 45.1 Å². The van der Waals surface area contributed by atoms with Gasteiger partial charge < -0.3 is 10.1 Å². The van der Waals surface area contributed by atoms with Gasteiger partial charge in [-0.2, -0.15) is 0 Å². The second-order valence-corrected chi connectivity index (χ2v) is 6.24. The van der Waals surface area contributed by atoms with Crippen molar-refractivity contribution in [1.82, 2.24) is 4.90 Å². The molecule has 1 N–H and O–H groups in total. The van der Waals surface area contributed by atoms with E-state index in [0.717, 1.165) is 43.6 Å². The molecule has 1 aliphatic heterocycles. The number of hydrogen-bond acceptors (Lipinski definition) is 4. The summed E-state index contributed by atoms with van der Waals surface area (Å²) in [6.45, 7) is 6.26. The van der Waals surface area contributed by atoms with Crippen LogP contribution >= 0.6 is 0 Å². The minimum Gasteiger partial charge on any atom is -0.463 e. The number of piperidine rings is 1. The van der Waals surface area contributed by atoms with Crippen molar-refractivity contribution in [2.24, 2.45) is 0 Å². The Morgan fingerprint density at radius 1 is 1.24 bits per heavy atom. The monoisotopic (exact) mass is 344 g/mol. The molecule has 0 radical (unpaired) electrons. The first-order valence-electron chi connectivity index (χ1n) is 9.13. The summed E-state index contributed by atoms with van der Waals surface area (Å²) in [4.78, 5) is 26.2. The predicted octanol–water partition coefficient (Wildman–Crippen LogP) is 3.47. The van der Waals surface area contributed by atoms with Crippen LogP contribution in [0.25, 0.3) is 6.08 Å². The van der Waals surface area contributed by atoms with Gasteiger partial charge in [-0.15, -0.1) is 0 Å². The summed E-state index contributed by atoms with van der Waals surface area (Å²) in [5, 5.41) is 3.02. The molecule has 1 aromatic carbocycles. The molecule has 0 spiro atoms. The van der Waals surface area contributed by atoms with Gasteiger partial charge in [0.15, 0.2) is 0 Å². The highest BCUT2D eigenvalue weighted by atomic mass is 16.5. The van der Waals surface area contributed by atoms with E-state index in [4.69, 9.17) is 4.74 Å². The van der Waals surface area contributed by atoms with Crippen LogP contribution in [0.4, 0.5) is 5.69 Å². The van der Waals surface area contributed by atoms with Gasteiger partial charge >= 0.3 is 5.97 Å². The van der Waals surface area contributed by atoms with Crippen molar-refractivity contribution < 1.29 is 14.3 Å². The van der Waals surface area contributed by atoms with Gasteiger partial charge in [-0.3, -0.25) is 9.69 Å². The molecule has 1 atom stereocenters. The lowest BCUT2D eigenvalue weighted by molar-refractivity contribution is -0.137. The number of carbonyl (C=O) groups is 2. The second-order valence-electron chi connectivity index (χ2n) is 6.24. The summed E-state index contributed by atoms with van der Waals surface area (Å²) in [7, 11) is 0. The zero-order chi connectivity index (χ0) is 18.1. The van der Waals surface area contributed by atoms with Gasteiger partial charge in [0.2, 0.25) is 5.91 Å². The largest absolute Gasteiger partial charge is 0.463 e. The van der Waals surface area contributed by atoms with Crippen molar-refractivity contribution in [3.8, 4) is 0 Å². The standard InChI is InChI=1S/C20H28N2O3/c1-3-14-22-15-6-5-7-18(22)20(24)21-17-11-8-16(9-12-17)10-13-19(23)25-4-2/h8-13,18H,3-7,14-15H2,1-2H3,(H,21,24)/b13-10+. The van der Waals surface area contributed by atoms with Crippen molar-refractivity contribution in [3.63, 3.8) is 0 Å². The first-order chi connectivity index (χ1) is 12.1. The predicted molar refractivity (Wildman–Crippen MR) is 100 cm³/mol. The molecule has 1 fully saturated rings. The Kier molecular flexibility index (Phi) is 7.67. The molecule has 1 aromatic rings. The summed E-state index contributed by atoms with van der Waals surface area (Å²) < 4.78 is 4.85. The smallest absolute Gasteiger partial charge is 0.330 e. The first kappa shape index (κ1) is 19.2. The fourth-order valence-corrected chi connectivity index (χ4v) is 3.10. The van der Waals surface area contributed by atoms with Crippen LogP contribution in [0.2, 0.25) is 0 Å². The fourth-order valence-electron chi connectivity index (χ4n) is 3.10. The van der Waals surface area contributed by atoms with E-state index < -0.39 is 0 Å². The molecule has 5 nitrogen and oxygen atoms in total. The van der Waals surface area contributed by atoms with Gasteiger partial charge in [-0.05, 0) is 63.0 Å². The number of hydrogen-bond donors (Lipinski definition) is 1. The Labute approximate surface area is 150 Å². The molecule has 0 bridgehead atoms. The van der Waals surface area contributed by atoms with E-state index in [1.54, 1.807) is 13.0 Å². The fraction of sp³-hybridized carbons (Fsp3) is 0.500. The normalized spacial score (nSPS) is 18.2. The maximum Gasteiger partial charge on any atom is 0.330 e. The highest BCUT2D eigenvalue weighted by molar-refractivity contribution is 5.95. The number of ether oxygens (including phenoxy) is 1. The van der Waals surface area contributed by atoms with Crippen LogP contribution in [0, 0.1) is 0 Å². The second kappa shape index (κ2) is 9.99. The van der Waals surface area contributed by atoms with E-state index >= 15 is 0 Å². The average molecular weight is 344 g/mol. The minimum absolute atomic E-state index is 0.0305. The number of esters is 1. The van der Waals surface area contributed by atoms with E-state index in [2.05, 4.69) is 17.1 Å². The Hall–Kier alpha value is -2.14. The Morgan fingerprint density at radius 2 is 2.00 bits per heavy atom. The molecule has 136 valence electrons. The molecule has 0 aromatic heterocycles. The first-order valence-corrected chi connectivity index (χ1v) is 9.13. The summed E-state index contributed by atoms with van der Waals surface area (Å²) in [5.74, 6) is -0.281. The molecule has 25 heavy (non-hydrogen) atoms. The Balaban J connectivity index is 1.93. The molecular weight excluding hydrogens is 316 g/mol. The van der Waals surface area contributed by atoms with E-state index in [-0.39, 0.29) is 17.9 Å². The highest BCUT2D eigenvalue weighted by Crippen LogP contribution is 2.19. The summed E-state index contributed by atoms with van der Waals surface area (Å²) >= 11 is 0. The molecule has 5 heteroatoms. The van der Waals surface area contributed by atoms with Crippen molar-refractivity contribution in [3.05, 3.63) is 35.9 Å². The van der Waals surface area contributed by atoms with E-state index in [0.29, 0.717) is 6.61 Å². The van der Waals surface area contributed by atoms with Crippen LogP contribution in [0.3, 0.4) is 0 Å². The Bertz CT molecular complexity index is 593. The average Bonchev–Trinajstić information content (AvgIpc) is 2.62. The molecule has 1 amide bonds. The molecule has 1 aliphatic rings. The highest BCUT2D eigenvalue weighted by Gasteiger charge is 2.27. The maximum absolute atomic E-state index is 12.6. The quantitative estimate of drug-likeness (QED) is 0.608. The van der Waals surface area contributed by atoms with Crippen molar-refractivity contribution >= 4 is 23.6 Å². The van der Waals surface area contributed by atoms with Crippen molar-refractivity contribution in [2.75, 3.05) is 25.0 Å². The number of anilines is 1. The topological polar surface area (TPSA) is 58.6 Å². The lowest BCUT2D eigenvalue weighted by Gasteiger charge is -2.34. The van der Waals surface area contributed by atoms with Crippen LogP contribution < -0.4 is 5.32 Å². The number of rotatable bonds is 7. The number of likely N-dealkylation sites (tertiary alicyclic amines) is 1. The lowest BCUT2D eigenvalue weighted by atomic mass is 10.0. The van der Waals surface area contributed by atoms with Crippen molar-refractivity contribution in [2.45, 2.75) is 45.6 Å². The molecule has 1 saturated heterocycles. The zero-order valence-electron chi connectivity index (χ0n) is 15.2. The van der Waals surface area contributed by atoms with E-state index in [9.17, 15) is 9.59 Å². The molecule has 0 aliphatic carbocycles. The third-order valence-electron chi connectivity index (χ3n) is 4.30. The number of benzene rings is 1. The van der Waals surface area contributed by atoms with Gasteiger partial charge in [0.25, 0.3) is 0 Å². The molecule has 2 rings (SSSR count). The summed E-state index contributed by atoms with van der Waals surface area (Å²) in [5.41, 5.74) is 1.66. The molecular formula is C20H28N2O3. The zero-order valence-corrected chi connectivity index (χ0v) is 15.2. The molecule has 1 unspecified atom stereocenters. The molecule has 1 heterocycles. The van der Waals surface area contributed by atoms with Gasteiger partial charge in [0.1, 0.15) is 0 Å². The molecule has 0 saturated carbocycles. The van der Waals surface area contributed by atoms with Gasteiger partial charge in [0.05, 0.1) is 12.6 Å².